The van der Waals surface area contributed by atoms with Crippen LogP contribution in [-0.2, 0) is 16.8 Å². The van der Waals surface area contributed by atoms with Crippen LogP contribution in [0.15, 0.2) is 0 Å². The molecular formula is H15CoN5. The van der Waals surface area contributed by atoms with Gasteiger partial charge in [-0.1, -0.05) is 0 Å². The first kappa shape index (κ1) is 1890. The second-order valence-electron chi connectivity index (χ2n) is 0. The average Bonchev–Trinajstić information content (AvgIpc) is 0. The Morgan fingerprint density at radius 1 is 0.333 bits per heavy atom. The van der Waals surface area contributed by atoms with Crippen LogP contribution in [0.2, 0.25) is 0 Å². The molecule has 0 atom stereocenters. The summed E-state index contributed by atoms with van der Waals surface area (Å²) in [6.45, 7) is 0. The molecule has 15 N–H and O–H groups in total. The zero-order chi connectivity index (χ0) is 0. The van der Waals surface area contributed by atoms with Crippen molar-refractivity contribution in [3.8, 4) is 0 Å². The van der Waals surface area contributed by atoms with Crippen LogP contribution >= 0.6 is 0 Å². The Labute approximate surface area is 48.4 Å². The summed E-state index contributed by atoms with van der Waals surface area (Å²) in [6.07, 6.45) is 0. The van der Waals surface area contributed by atoms with Gasteiger partial charge in [0.15, 0.2) is 0 Å². The van der Waals surface area contributed by atoms with E-state index in [4.69, 9.17) is 0 Å². The van der Waals surface area contributed by atoms with Crippen LogP contribution in [0.5, 0.6) is 0 Å². The van der Waals surface area contributed by atoms with Crippen molar-refractivity contribution >= 4 is 0 Å². The number of hydrogen-bond acceptors (Lipinski definition) is 5. The van der Waals surface area contributed by atoms with E-state index in [0.717, 1.165) is 0 Å². The van der Waals surface area contributed by atoms with Crippen LogP contribution in [0.1, 0.15) is 0 Å². The summed E-state index contributed by atoms with van der Waals surface area (Å²) >= 11 is 0. The van der Waals surface area contributed by atoms with Crippen molar-refractivity contribution in [2.45, 2.75) is 0 Å². The molecule has 0 saturated carbocycles. The number of hydrogen-bond donors (Lipinski definition) is 5. The molecule has 49 valence electrons. The molecule has 0 aliphatic rings. The summed E-state index contributed by atoms with van der Waals surface area (Å²) in [7, 11) is 0. The fraction of sp³-hybridized carbons (Fsp3) is 0. The van der Waals surface area contributed by atoms with Gasteiger partial charge < -0.3 is 30.8 Å². The Morgan fingerprint density at radius 3 is 0.333 bits per heavy atom. The van der Waals surface area contributed by atoms with Crippen molar-refractivity contribution < 1.29 is 16.8 Å². The molecule has 0 aliphatic heterocycles. The zero-order valence-electron chi connectivity index (χ0n) is 3.87. The molecule has 0 aliphatic carbocycles. The molecule has 0 bridgehead atoms. The topological polar surface area (TPSA) is 175 Å². The summed E-state index contributed by atoms with van der Waals surface area (Å²) in [5.74, 6) is 0. The van der Waals surface area contributed by atoms with Crippen molar-refractivity contribution in [3.05, 3.63) is 0 Å². The molecule has 0 rings (SSSR count). The van der Waals surface area contributed by atoms with Gasteiger partial charge in [0.1, 0.15) is 0 Å². The molecule has 6 heteroatoms. The molecule has 0 aromatic rings. The summed E-state index contributed by atoms with van der Waals surface area (Å²) < 4.78 is 0. The van der Waals surface area contributed by atoms with Gasteiger partial charge in [0.2, 0.25) is 0 Å². The number of rotatable bonds is 0. The zero-order valence-corrected chi connectivity index (χ0v) is 4.91. The largest absolute Gasteiger partial charge is 0.344 e. The summed E-state index contributed by atoms with van der Waals surface area (Å²) in [5.41, 5.74) is 0. The Bertz CT molecular complexity index is 3.90. The summed E-state index contributed by atoms with van der Waals surface area (Å²) in [6, 6.07) is 0. The Kier molecular flexibility index (Phi) is 330000. The molecule has 0 aromatic heterocycles. The minimum Gasteiger partial charge on any atom is -0.344 e. The van der Waals surface area contributed by atoms with Crippen LogP contribution in [0, 0.1) is 0 Å². The molecule has 0 heterocycles. The Morgan fingerprint density at radius 2 is 0.333 bits per heavy atom. The van der Waals surface area contributed by atoms with Gasteiger partial charge in [0, 0.05) is 16.8 Å². The van der Waals surface area contributed by atoms with E-state index in [0.29, 0.717) is 0 Å². The molecule has 0 aromatic carbocycles. The van der Waals surface area contributed by atoms with Gasteiger partial charge in [-0.15, -0.1) is 0 Å². The standard InChI is InChI=1S/Co.5H3N/h;5*1H3. The maximum Gasteiger partial charge on any atom is 0 e. The van der Waals surface area contributed by atoms with Gasteiger partial charge in [-0.25, -0.2) is 0 Å². The molecule has 0 fully saturated rings. The van der Waals surface area contributed by atoms with E-state index in [2.05, 4.69) is 0 Å². The maximum absolute atomic E-state index is 0. The Balaban J connectivity index is 0. The van der Waals surface area contributed by atoms with Crippen molar-refractivity contribution in [1.82, 2.24) is 30.8 Å². The summed E-state index contributed by atoms with van der Waals surface area (Å²) in [5, 5.41) is 0. The van der Waals surface area contributed by atoms with E-state index >= 15 is 0 Å². The van der Waals surface area contributed by atoms with Gasteiger partial charge in [-0.3, -0.25) is 0 Å². The van der Waals surface area contributed by atoms with Crippen LogP contribution in [0.25, 0.3) is 0 Å². The van der Waals surface area contributed by atoms with Gasteiger partial charge >= 0.3 is 0 Å². The third-order valence-corrected chi connectivity index (χ3v) is 0. The minimum absolute atomic E-state index is 0. The first-order chi connectivity index (χ1) is 0. The van der Waals surface area contributed by atoms with Crippen LogP contribution in [-0.4, -0.2) is 0 Å². The third-order valence-electron chi connectivity index (χ3n) is 0. The fourth-order valence-corrected chi connectivity index (χ4v) is 0. The second-order valence-corrected chi connectivity index (χ2v) is 0. The molecular weight excluding hydrogens is 129 g/mol. The van der Waals surface area contributed by atoms with E-state index < -0.39 is 0 Å². The quantitative estimate of drug-likeness (QED) is 0.337. The van der Waals surface area contributed by atoms with Crippen molar-refractivity contribution in [2.24, 2.45) is 0 Å². The summed E-state index contributed by atoms with van der Waals surface area (Å²) in [4.78, 5) is 0. The van der Waals surface area contributed by atoms with E-state index in [1.807, 2.05) is 0 Å². The van der Waals surface area contributed by atoms with Crippen LogP contribution in [0.4, 0.5) is 0 Å². The Hall–Kier alpha value is 0.306. The van der Waals surface area contributed by atoms with E-state index in [1.54, 1.807) is 0 Å². The van der Waals surface area contributed by atoms with Crippen molar-refractivity contribution in [1.29, 1.82) is 0 Å². The van der Waals surface area contributed by atoms with E-state index in [9.17, 15) is 0 Å². The first-order valence-corrected chi connectivity index (χ1v) is 0. The smallest absolute Gasteiger partial charge is 0 e. The third kappa shape index (κ3) is 501. The molecule has 5 nitrogen and oxygen atoms in total. The van der Waals surface area contributed by atoms with Crippen LogP contribution in [0.3, 0.4) is 0 Å². The minimum atomic E-state index is 0. The average molecular weight is 144 g/mol. The fourth-order valence-electron chi connectivity index (χ4n) is 0. The SMILES string of the molecule is N.N.N.N.N.[Co]. The first-order valence-electron chi connectivity index (χ1n) is 0. The normalized spacial score (nSPS) is 0. The van der Waals surface area contributed by atoms with Gasteiger partial charge in [0.25, 0.3) is 0 Å². The van der Waals surface area contributed by atoms with Crippen molar-refractivity contribution in [2.75, 3.05) is 0 Å². The molecule has 1 radical (unpaired) electrons. The molecule has 0 amide bonds. The molecule has 0 unspecified atom stereocenters. The predicted octanol–water partition coefficient (Wildman–Crippen LogP) is 0.807. The van der Waals surface area contributed by atoms with E-state index in [-0.39, 0.29) is 47.5 Å². The van der Waals surface area contributed by atoms with E-state index in [1.165, 1.54) is 0 Å². The maximum atomic E-state index is 0. The second kappa shape index (κ2) is 1050. The van der Waals surface area contributed by atoms with Gasteiger partial charge in [-0.05, 0) is 0 Å². The molecule has 0 saturated heterocycles. The monoisotopic (exact) mass is 144 g/mol. The van der Waals surface area contributed by atoms with Gasteiger partial charge in [0.05, 0.1) is 0 Å². The van der Waals surface area contributed by atoms with Crippen LogP contribution < -0.4 is 30.8 Å². The van der Waals surface area contributed by atoms with Gasteiger partial charge in [-0.2, -0.15) is 0 Å². The molecule has 0 spiro atoms. The predicted molar refractivity (Wildman–Crippen MR) is 25.1 cm³/mol. The molecule has 6 heavy (non-hydrogen) atoms. The van der Waals surface area contributed by atoms with Crippen molar-refractivity contribution in [3.63, 3.8) is 0 Å².